The summed E-state index contributed by atoms with van der Waals surface area (Å²) in [5.74, 6) is 0.340. The van der Waals surface area contributed by atoms with Crippen molar-refractivity contribution in [3.8, 4) is 5.88 Å². The Hall–Kier alpha value is -1.37. The maximum atomic E-state index is 11.6. The van der Waals surface area contributed by atoms with Gasteiger partial charge in [0.15, 0.2) is 5.88 Å². The molecular formula is C12H19NO5. The highest BCUT2D eigenvalue weighted by Gasteiger charge is 2.11. The molecule has 0 aliphatic rings. The number of hydrogen-bond donors (Lipinski definition) is 3. The van der Waals surface area contributed by atoms with Crippen molar-refractivity contribution in [3.05, 3.63) is 27.5 Å². The van der Waals surface area contributed by atoms with Gasteiger partial charge in [0.2, 0.25) is 0 Å². The molecule has 0 spiro atoms. The van der Waals surface area contributed by atoms with Gasteiger partial charge in [-0.05, 0) is 12.5 Å². The Kier molecular flexibility index (Phi) is 5.84. The highest BCUT2D eigenvalue weighted by atomic mass is 16.5. The molecule has 18 heavy (non-hydrogen) atoms. The van der Waals surface area contributed by atoms with Crippen LogP contribution in [0.4, 0.5) is 0 Å². The summed E-state index contributed by atoms with van der Waals surface area (Å²) in [6.45, 7) is 1.51. The number of hydrogen-bond acceptors (Lipinski definition) is 5. The lowest BCUT2D eigenvalue weighted by Crippen LogP contribution is -2.22. The Morgan fingerprint density at radius 2 is 2.00 bits per heavy atom. The predicted molar refractivity (Wildman–Crippen MR) is 65.7 cm³/mol. The van der Waals surface area contributed by atoms with Crippen LogP contribution in [0, 0.1) is 0 Å². The van der Waals surface area contributed by atoms with Crippen molar-refractivity contribution in [3.63, 3.8) is 0 Å². The fourth-order valence-electron chi connectivity index (χ4n) is 1.53. The van der Waals surface area contributed by atoms with Gasteiger partial charge in [-0.2, -0.15) is 0 Å². The molecule has 1 aromatic heterocycles. The number of ether oxygens (including phenoxy) is 2. The molecule has 0 amide bonds. The third kappa shape index (κ3) is 3.56. The number of aliphatic hydroxyl groups excluding tert-OH is 2. The highest BCUT2D eigenvalue weighted by Crippen LogP contribution is 2.16. The van der Waals surface area contributed by atoms with Crippen LogP contribution in [0.3, 0.4) is 0 Å². The van der Waals surface area contributed by atoms with E-state index in [0.29, 0.717) is 23.4 Å². The van der Waals surface area contributed by atoms with E-state index in [1.165, 1.54) is 7.11 Å². The molecule has 0 fully saturated rings. The van der Waals surface area contributed by atoms with Crippen molar-refractivity contribution >= 4 is 0 Å². The summed E-state index contributed by atoms with van der Waals surface area (Å²) in [5, 5.41) is 17.8. The van der Waals surface area contributed by atoms with Crippen LogP contribution in [0.15, 0.2) is 10.9 Å². The molecule has 1 heterocycles. The van der Waals surface area contributed by atoms with E-state index in [2.05, 4.69) is 4.98 Å². The molecule has 0 aliphatic carbocycles. The maximum absolute atomic E-state index is 11.6. The first-order valence-electron chi connectivity index (χ1n) is 5.78. The zero-order valence-electron chi connectivity index (χ0n) is 10.6. The van der Waals surface area contributed by atoms with Crippen LogP contribution in [-0.4, -0.2) is 41.6 Å². The highest BCUT2D eigenvalue weighted by molar-refractivity contribution is 5.29. The van der Waals surface area contributed by atoms with E-state index < -0.39 is 6.10 Å². The summed E-state index contributed by atoms with van der Waals surface area (Å²) in [4.78, 5) is 14.2. The molecule has 0 radical (unpaired) electrons. The first kappa shape index (κ1) is 14.7. The van der Waals surface area contributed by atoms with Crippen LogP contribution in [0.1, 0.15) is 18.1 Å². The van der Waals surface area contributed by atoms with Gasteiger partial charge in [-0.15, -0.1) is 0 Å². The van der Waals surface area contributed by atoms with Gasteiger partial charge in [0.25, 0.3) is 5.56 Å². The molecule has 6 heteroatoms. The second-order valence-electron chi connectivity index (χ2n) is 3.83. The Bertz CT molecular complexity index is 425. The number of aryl methyl sites for hydroxylation is 1. The van der Waals surface area contributed by atoms with Gasteiger partial charge in [0.05, 0.1) is 26.9 Å². The van der Waals surface area contributed by atoms with E-state index >= 15 is 0 Å². The Labute approximate surface area is 105 Å². The summed E-state index contributed by atoms with van der Waals surface area (Å²) in [6, 6.07) is 1.71. The first-order valence-corrected chi connectivity index (χ1v) is 5.78. The molecule has 102 valence electrons. The standard InChI is InChI=1S/C12H19NO5/c1-3-8-4-9(7-18-10(5-14)6-15)12(17-2)13-11(8)16/h4,10,14-15H,3,5-7H2,1-2H3,(H,13,16). The number of rotatable bonds is 7. The largest absolute Gasteiger partial charge is 0.482 e. The number of aliphatic hydroxyl groups is 2. The SMILES string of the molecule is CCc1cc(COC(CO)CO)c(OC)[nH]c1=O. The van der Waals surface area contributed by atoms with E-state index in [0.717, 1.165) is 0 Å². The zero-order valence-corrected chi connectivity index (χ0v) is 10.6. The van der Waals surface area contributed by atoms with Gasteiger partial charge in [0.1, 0.15) is 6.10 Å². The van der Waals surface area contributed by atoms with Crippen molar-refractivity contribution in [2.24, 2.45) is 0 Å². The van der Waals surface area contributed by atoms with Gasteiger partial charge in [-0.25, -0.2) is 0 Å². The van der Waals surface area contributed by atoms with Crippen LogP contribution < -0.4 is 10.3 Å². The summed E-state index contributed by atoms with van der Waals surface area (Å²) in [6.07, 6.45) is -0.0258. The quantitative estimate of drug-likeness (QED) is 0.630. The predicted octanol–water partition coefficient (Wildman–Crippen LogP) is -0.184. The molecule has 0 unspecified atom stereocenters. The van der Waals surface area contributed by atoms with E-state index in [1.807, 2.05) is 6.92 Å². The fourth-order valence-corrected chi connectivity index (χ4v) is 1.53. The van der Waals surface area contributed by atoms with Crippen LogP contribution >= 0.6 is 0 Å². The summed E-state index contributed by atoms with van der Waals surface area (Å²) in [5.41, 5.74) is 1.14. The smallest absolute Gasteiger partial charge is 0.253 e. The lowest BCUT2D eigenvalue weighted by molar-refractivity contribution is -0.0291. The van der Waals surface area contributed by atoms with Crippen LogP contribution in [0.25, 0.3) is 0 Å². The Balaban J connectivity index is 2.89. The molecule has 0 saturated heterocycles. The second kappa shape index (κ2) is 7.15. The third-order valence-corrected chi connectivity index (χ3v) is 2.63. The fraction of sp³-hybridized carbons (Fsp3) is 0.583. The molecule has 0 aliphatic heterocycles. The minimum Gasteiger partial charge on any atom is -0.482 e. The monoisotopic (exact) mass is 257 g/mol. The molecule has 0 aromatic carbocycles. The van der Waals surface area contributed by atoms with Gasteiger partial charge in [0, 0.05) is 11.1 Å². The maximum Gasteiger partial charge on any atom is 0.253 e. The number of aromatic nitrogens is 1. The van der Waals surface area contributed by atoms with Gasteiger partial charge >= 0.3 is 0 Å². The molecule has 1 aromatic rings. The second-order valence-corrected chi connectivity index (χ2v) is 3.83. The Morgan fingerprint density at radius 1 is 1.33 bits per heavy atom. The van der Waals surface area contributed by atoms with E-state index in [4.69, 9.17) is 19.7 Å². The van der Waals surface area contributed by atoms with E-state index in [9.17, 15) is 4.79 Å². The normalized spacial score (nSPS) is 10.9. The lowest BCUT2D eigenvalue weighted by Gasteiger charge is -2.14. The molecule has 1 rings (SSSR count). The van der Waals surface area contributed by atoms with Gasteiger partial charge < -0.3 is 19.7 Å². The van der Waals surface area contributed by atoms with E-state index in [1.54, 1.807) is 6.07 Å². The van der Waals surface area contributed by atoms with Gasteiger partial charge in [-0.3, -0.25) is 9.78 Å². The summed E-state index contributed by atoms with van der Waals surface area (Å²) < 4.78 is 10.4. The molecular weight excluding hydrogens is 238 g/mol. The molecule has 0 atom stereocenters. The summed E-state index contributed by atoms with van der Waals surface area (Å²) >= 11 is 0. The van der Waals surface area contributed by atoms with Gasteiger partial charge in [-0.1, -0.05) is 6.92 Å². The molecule has 3 N–H and O–H groups in total. The molecule has 0 saturated carbocycles. The average Bonchev–Trinajstić information content (AvgIpc) is 2.40. The number of nitrogens with one attached hydrogen (secondary N) is 1. The molecule has 0 bridgehead atoms. The minimum absolute atomic E-state index is 0.152. The zero-order chi connectivity index (χ0) is 13.5. The van der Waals surface area contributed by atoms with E-state index in [-0.39, 0.29) is 25.4 Å². The average molecular weight is 257 g/mol. The van der Waals surface area contributed by atoms with Crippen molar-refractivity contribution in [1.29, 1.82) is 0 Å². The Morgan fingerprint density at radius 3 is 2.50 bits per heavy atom. The number of methoxy groups -OCH3 is 1. The lowest BCUT2D eigenvalue weighted by atomic mass is 10.1. The topological polar surface area (TPSA) is 91.8 Å². The number of H-pyrrole nitrogens is 1. The number of aromatic amines is 1. The van der Waals surface area contributed by atoms with Crippen molar-refractivity contribution in [1.82, 2.24) is 4.98 Å². The van der Waals surface area contributed by atoms with Crippen molar-refractivity contribution in [2.75, 3.05) is 20.3 Å². The molecule has 6 nitrogen and oxygen atoms in total. The summed E-state index contributed by atoms with van der Waals surface area (Å²) in [7, 11) is 1.45. The third-order valence-electron chi connectivity index (χ3n) is 2.63. The first-order chi connectivity index (χ1) is 8.65. The van der Waals surface area contributed by atoms with Crippen LogP contribution in [-0.2, 0) is 17.8 Å². The van der Waals surface area contributed by atoms with Crippen molar-refractivity contribution < 1.29 is 19.7 Å². The minimum atomic E-state index is -0.633. The van der Waals surface area contributed by atoms with Crippen molar-refractivity contribution in [2.45, 2.75) is 26.1 Å². The van der Waals surface area contributed by atoms with Crippen LogP contribution in [0.5, 0.6) is 5.88 Å². The number of pyridine rings is 1. The van der Waals surface area contributed by atoms with Crippen LogP contribution in [0.2, 0.25) is 0 Å².